The summed E-state index contributed by atoms with van der Waals surface area (Å²) in [6.07, 6.45) is 1.26. The number of hydrogen-bond donors (Lipinski definition) is 0. The summed E-state index contributed by atoms with van der Waals surface area (Å²) in [5.41, 5.74) is 0.141. The molecule has 0 aromatic heterocycles. The molecule has 0 radical (unpaired) electrons. The van der Waals surface area contributed by atoms with Gasteiger partial charge in [0.25, 0.3) is 0 Å². The summed E-state index contributed by atoms with van der Waals surface area (Å²) in [6.45, 7) is 9.40. The molecule has 2 atom stereocenters. The Hall–Kier alpha value is -0.930. The standard InChI is InChI=1S/C17H24O2S/c1-5-18-14-11-16(17(2,3)4)19-15(14)12-20-13-9-7-6-8-10-13/h6-10,12,14,16H,5,11H2,1-4H3/b15-12-/t14-,16+/m0/s1. The van der Waals surface area contributed by atoms with Crippen molar-refractivity contribution in [1.29, 1.82) is 0 Å². The SMILES string of the molecule is CCO[C@H]1C[C@H](C(C)(C)C)O/C1=C\Sc1ccccc1. The Morgan fingerprint density at radius 2 is 2.00 bits per heavy atom. The van der Waals surface area contributed by atoms with Crippen LogP contribution in [0.2, 0.25) is 0 Å². The molecule has 1 aliphatic heterocycles. The predicted octanol–water partition coefficient (Wildman–Crippen LogP) is 4.86. The van der Waals surface area contributed by atoms with Crippen molar-refractivity contribution in [2.45, 2.75) is 51.2 Å². The zero-order valence-corrected chi connectivity index (χ0v) is 13.6. The van der Waals surface area contributed by atoms with Crippen molar-refractivity contribution in [3.05, 3.63) is 41.5 Å². The van der Waals surface area contributed by atoms with E-state index in [1.54, 1.807) is 11.8 Å². The van der Waals surface area contributed by atoms with Gasteiger partial charge >= 0.3 is 0 Å². The lowest BCUT2D eigenvalue weighted by Gasteiger charge is -2.25. The van der Waals surface area contributed by atoms with Crippen LogP contribution in [0.3, 0.4) is 0 Å². The van der Waals surface area contributed by atoms with Crippen LogP contribution in [-0.4, -0.2) is 18.8 Å². The molecular weight excluding hydrogens is 268 g/mol. The maximum Gasteiger partial charge on any atom is 0.132 e. The average Bonchev–Trinajstić information content (AvgIpc) is 2.81. The predicted molar refractivity (Wildman–Crippen MR) is 84.7 cm³/mol. The quantitative estimate of drug-likeness (QED) is 0.738. The highest BCUT2D eigenvalue weighted by Crippen LogP contribution is 2.38. The average molecular weight is 292 g/mol. The zero-order chi connectivity index (χ0) is 14.6. The number of hydrogen-bond acceptors (Lipinski definition) is 3. The molecular formula is C17H24O2S. The summed E-state index contributed by atoms with van der Waals surface area (Å²) in [5, 5.41) is 2.10. The Balaban J connectivity index is 2.07. The molecule has 0 unspecified atom stereocenters. The summed E-state index contributed by atoms with van der Waals surface area (Å²) < 4.78 is 12.0. The minimum absolute atomic E-state index is 0.0976. The maximum absolute atomic E-state index is 6.13. The molecule has 2 nitrogen and oxygen atoms in total. The van der Waals surface area contributed by atoms with E-state index in [-0.39, 0.29) is 17.6 Å². The Labute approximate surface area is 126 Å². The Bertz CT molecular complexity index is 448. The first kappa shape index (κ1) is 15.5. The molecule has 0 aliphatic carbocycles. The van der Waals surface area contributed by atoms with Gasteiger partial charge < -0.3 is 9.47 Å². The van der Waals surface area contributed by atoms with Crippen molar-refractivity contribution >= 4 is 11.8 Å². The highest BCUT2D eigenvalue weighted by atomic mass is 32.2. The summed E-state index contributed by atoms with van der Waals surface area (Å²) in [7, 11) is 0. The molecule has 110 valence electrons. The van der Waals surface area contributed by atoms with Crippen LogP contribution < -0.4 is 0 Å². The van der Waals surface area contributed by atoms with Crippen LogP contribution in [0.4, 0.5) is 0 Å². The van der Waals surface area contributed by atoms with Gasteiger partial charge in [-0.25, -0.2) is 0 Å². The topological polar surface area (TPSA) is 18.5 Å². The van der Waals surface area contributed by atoms with Gasteiger partial charge in [-0.05, 0) is 24.5 Å². The molecule has 1 fully saturated rings. The third kappa shape index (κ3) is 4.03. The van der Waals surface area contributed by atoms with Gasteiger partial charge in [-0.15, -0.1) is 0 Å². The van der Waals surface area contributed by atoms with Gasteiger partial charge in [-0.3, -0.25) is 0 Å². The molecule has 0 saturated carbocycles. The Morgan fingerprint density at radius 1 is 1.30 bits per heavy atom. The van der Waals surface area contributed by atoms with Crippen molar-refractivity contribution in [1.82, 2.24) is 0 Å². The third-order valence-electron chi connectivity index (χ3n) is 3.41. The van der Waals surface area contributed by atoms with E-state index in [2.05, 4.69) is 38.3 Å². The van der Waals surface area contributed by atoms with Crippen molar-refractivity contribution in [3.63, 3.8) is 0 Å². The van der Waals surface area contributed by atoms with E-state index in [1.807, 2.05) is 25.1 Å². The smallest absolute Gasteiger partial charge is 0.132 e. The minimum Gasteiger partial charge on any atom is -0.491 e. The first-order valence-corrected chi connectivity index (χ1v) is 8.08. The van der Waals surface area contributed by atoms with Crippen molar-refractivity contribution in [3.8, 4) is 0 Å². The second kappa shape index (κ2) is 6.68. The zero-order valence-electron chi connectivity index (χ0n) is 12.8. The molecule has 0 bridgehead atoms. The Morgan fingerprint density at radius 3 is 2.60 bits per heavy atom. The van der Waals surface area contributed by atoms with Gasteiger partial charge in [0, 0.05) is 23.3 Å². The van der Waals surface area contributed by atoms with Gasteiger partial charge in [0.1, 0.15) is 18.0 Å². The second-order valence-electron chi connectivity index (χ2n) is 6.10. The molecule has 0 amide bonds. The fourth-order valence-corrected chi connectivity index (χ4v) is 2.98. The fraction of sp³-hybridized carbons (Fsp3) is 0.529. The van der Waals surface area contributed by atoms with Gasteiger partial charge in [0.15, 0.2) is 0 Å². The molecule has 2 rings (SSSR count). The minimum atomic E-state index is 0.0976. The van der Waals surface area contributed by atoms with E-state index in [0.717, 1.165) is 18.8 Å². The van der Waals surface area contributed by atoms with Crippen molar-refractivity contribution < 1.29 is 9.47 Å². The summed E-state index contributed by atoms with van der Waals surface area (Å²) in [4.78, 5) is 1.22. The monoisotopic (exact) mass is 292 g/mol. The largest absolute Gasteiger partial charge is 0.491 e. The second-order valence-corrected chi connectivity index (χ2v) is 7.05. The van der Waals surface area contributed by atoms with Crippen LogP contribution in [0.25, 0.3) is 0 Å². The Kier molecular flexibility index (Phi) is 5.17. The van der Waals surface area contributed by atoms with Crippen LogP contribution >= 0.6 is 11.8 Å². The maximum atomic E-state index is 6.13. The van der Waals surface area contributed by atoms with Crippen LogP contribution in [0.15, 0.2) is 46.4 Å². The fourth-order valence-electron chi connectivity index (χ4n) is 2.21. The molecule has 1 heterocycles. The molecule has 0 spiro atoms. The van der Waals surface area contributed by atoms with Crippen LogP contribution in [0.5, 0.6) is 0 Å². The van der Waals surface area contributed by atoms with Gasteiger partial charge in [0.2, 0.25) is 0 Å². The van der Waals surface area contributed by atoms with E-state index < -0.39 is 0 Å². The summed E-state index contributed by atoms with van der Waals surface area (Å²) in [6, 6.07) is 10.3. The highest BCUT2D eigenvalue weighted by Gasteiger charge is 2.38. The van der Waals surface area contributed by atoms with Crippen molar-refractivity contribution in [2.75, 3.05) is 6.61 Å². The van der Waals surface area contributed by atoms with Gasteiger partial charge in [-0.1, -0.05) is 50.7 Å². The molecule has 1 aromatic rings. The van der Waals surface area contributed by atoms with Crippen LogP contribution in [0, 0.1) is 5.41 Å². The van der Waals surface area contributed by atoms with E-state index in [9.17, 15) is 0 Å². The summed E-state index contributed by atoms with van der Waals surface area (Å²) in [5.74, 6) is 0.973. The lowest BCUT2D eigenvalue weighted by atomic mass is 9.87. The van der Waals surface area contributed by atoms with Crippen LogP contribution in [0.1, 0.15) is 34.1 Å². The number of benzene rings is 1. The van der Waals surface area contributed by atoms with E-state index in [1.165, 1.54) is 4.90 Å². The van der Waals surface area contributed by atoms with Crippen molar-refractivity contribution in [2.24, 2.45) is 5.41 Å². The van der Waals surface area contributed by atoms with Crippen LogP contribution in [-0.2, 0) is 9.47 Å². The number of rotatable bonds is 4. The third-order valence-corrected chi connectivity index (χ3v) is 4.31. The first-order valence-electron chi connectivity index (χ1n) is 7.20. The van der Waals surface area contributed by atoms with Gasteiger partial charge in [-0.2, -0.15) is 0 Å². The molecule has 1 saturated heterocycles. The molecule has 3 heteroatoms. The molecule has 1 aromatic carbocycles. The molecule has 1 aliphatic rings. The highest BCUT2D eigenvalue weighted by molar-refractivity contribution is 8.02. The van der Waals surface area contributed by atoms with E-state index in [4.69, 9.17) is 9.47 Å². The number of thioether (sulfide) groups is 1. The normalized spacial score (nSPS) is 24.9. The van der Waals surface area contributed by atoms with E-state index in [0.29, 0.717) is 0 Å². The first-order chi connectivity index (χ1) is 9.50. The summed E-state index contributed by atoms with van der Waals surface area (Å²) >= 11 is 1.69. The van der Waals surface area contributed by atoms with E-state index >= 15 is 0 Å². The molecule has 0 N–H and O–H groups in total. The lowest BCUT2D eigenvalue weighted by Crippen LogP contribution is -2.25. The number of ether oxygens (including phenoxy) is 2. The van der Waals surface area contributed by atoms with Gasteiger partial charge in [0.05, 0.1) is 0 Å². The lowest BCUT2D eigenvalue weighted by molar-refractivity contribution is 0.0615. The molecule has 20 heavy (non-hydrogen) atoms.